The molecule has 2 aromatic rings. The van der Waals surface area contributed by atoms with Gasteiger partial charge < -0.3 is 0 Å². The molecule has 0 fully saturated rings. The lowest BCUT2D eigenvalue weighted by Crippen LogP contribution is -2.30. The smallest absolute Gasteiger partial charge is 0.128 e. The standard InChI is InChI=1S/C16H18F2N2/c1-10-3-4-11(2)12(7-10)8-16(20-19)14-9-13(17)5-6-15(14)18/h3-7,9,16,20H,8,19H2,1-2H3. The molecular formula is C16H18F2N2. The van der Waals surface area contributed by atoms with Gasteiger partial charge in [-0.15, -0.1) is 0 Å². The van der Waals surface area contributed by atoms with Crippen LogP contribution in [0.25, 0.3) is 0 Å². The second kappa shape index (κ2) is 6.11. The van der Waals surface area contributed by atoms with Crippen LogP contribution in [-0.4, -0.2) is 0 Å². The van der Waals surface area contributed by atoms with Crippen molar-refractivity contribution in [3.05, 3.63) is 70.3 Å². The zero-order valence-electron chi connectivity index (χ0n) is 11.6. The van der Waals surface area contributed by atoms with Gasteiger partial charge in [0.2, 0.25) is 0 Å². The van der Waals surface area contributed by atoms with Gasteiger partial charge in [0.25, 0.3) is 0 Å². The summed E-state index contributed by atoms with van der Waals surface area (Å²) in [6, 6.07) is 9.02. The first-order chi connectivity index (χ1) is 9.51. The molecule has 0 aliphatic heterocycles. The molecule has 106 valence electrons. The van der Waals surface area contributed by atoms with Crippen molar-refractivity contribution < 1.29 is 8.78 Å². The third-order valence-electron chi connectivity index (χ3n) is 3.46. The topological polar surface area (TPSA) is 38.0 Å². The van der Waals surface area contributed by atoms with Crippen molar-refractivity contribution in [2.75, 3.05) is 0 Å². The largest absolute Gasteiger partial charge is 0.271 e. The molecule has 2 rings (SSSR count). The lowest BCUT2D eigenvalue weighted by molar-refractivity contribution is 0.502. The molecule has 1 unspecified atom stereocenters. The molecule has 0 saturated carbocycles. The van der Waals surface area contributed by atoms with Crippen LogP contribution < -0.4 is 11.3 Å². The molecule has 1 atom stereocenters. The molecule has 2 aromatic carbocycles. The lowest BCUT2D eigenvalue weighted by atomic mass is 9.95. The Bertz CT molecular complexity index is 611. The molecule has 0 saturated heterocycles. The third kappa shape index (κ3) is 3.21. The number of hydrazine groups is 1. The van der Waals surface area contributed by atoms with E-state index in [9.17, 15) is 8.78 Å². The number of hydrogen-bond acceptors (Lipinski definition) is 2. The molecule has 0 amide bonds. The summed E-state index contributed by atoms with van der Waals surface area (Å²) in [5.41, 5.74) is 6.12. The van der Waals surface area contributed by atoms with Crippen LogP contribution in [0.1, 0.15) is 28.3 Å². The number of aryl methyl sites for hydroxylation is 2. The van der Waals surface area contributed by atoms with Gasteiger partial charge >= 0.3 is 0 Å². The number of nitrogens with two attached hydrogens (primary N) is 1. The van der Waals surface area contributed by atoms with Crippen LogP contribution >= 0.6 is 0 Å². The van der Waals surface area contributed by atoms with Gasteiger partial charge in [-0.3, -0.25) is 11.3 Å². The monoisotopic (exact) mass is 276 g/mol. The first-order valence-electron chi connectivity index (χ1n) is 6.48. The van der Waals surface area contributed by atoms with E-state index in [2.05, 4.69) is 5.43 Å². The SMILES string of the molecule is Cc1ccc(C)c(CC(NN)c2cc(F)ccc2F)c1. The molecule has 0 spiro atoms. The van der Waals surface area contributed by atoms with Gasteiger partial charge in [0.1, 0.15) is 11.6 Å². The normalized spacial score (nSPS) is 12.4. The summed E-state index contributed by atoms with van der Waals surface area (Å²) in [4.78, 5) is 0. The van der Waals surface area contributed by atoms with E-state index in [1.54, 1.807) is 0 Å². The molecule has 0 heterocycles. The average Bonchev–Trinajstić information content (AvgIpc) is 2.42. The third-order valence-corrected chi connectivity index (χ3v) is 3.46. The van der Waals surface area contributed by atoms with Gasteiger partial charge in [0.15, 0.2) is 0 Å². The van der Waals surface area contributed by atoms with Gasteiger partial charge in [-0.1, -0.05) is 23.8 Å². The summed E-state index contributed by atoms with van der Waals surface area (Å²) in [5, 5.41) is 0. The van der Waals surface area contributed by atoms with Crippen molar-refractivity contribution in [1.29, 1.82) is 0 Å². The van der Waals surface area contributed by atoms with E-state index >= 15 is 0 Å². The van der Waals surface area contributed by atoms with Crippen molar-refractivity contribution in [2.45, 2.75) is 26.3 Å². The van der Waals surface area contributed by atoms with Crippen LogP contribution in [0.3, 0.4) is 0 Å². The fourth-order valence-electron chi connectivity index (χ4n) is 2.28. The number of benzene rings is 2. The molecule has 0 aliphatic rings. The summed E-state index contributed by atoms with van der Waals surface area (Å²) in [6.07, 6.45) is 0.504. The van der Waals surface area contributed by atoms with Gasteiger partial charge in [0, 0.05) is 5.56 Å². The number of hydrogen-bond donors (Lipinski definition) is 2. The Kier molecular flexibility index (Phi) is 4.47. The predicted molar refractivity (Wildman–Crippen MR) is 76.0 cm³/mol. The zero-order valence-corrected chi connectivity index (χ0v) is 11.6. The Morgan fingerprint density at radius 3 is 2.55 bits per heavy atom. The minimum absolute atomic E-state index is 0.244. The van der Waals surface area contributed by atoms with Crippen LogP contribution in [0, 0.1) is 25.5 Å². The summed E-state index contributed by atoms with van der Waals surface area (Å²) < 4.78 is 27.1. The van der Waals surface area contributed by atoms with E-state index in [0.717, 1.165) is 28.8 Å². The van der Waals surface area contributed by atoms with E-state index in [1.165, 1.54) is 6.07 Å². The Morgan fingerprint density at radius 1 is 1.10 bits per heavy atom. The van der Waals surface area contributed by atoms with Crippen LogP contribution in [0.15, 0.2) is 36.4 Å². The molecule has 0 bridgehead atoms. The van der Waals surface area contributed by atoms with Gasteiger partial charge in [0.05, 0.1) is 6.04 Å². The van der Waals surface area contributed by atoms with E-state index in [1.807, 2.05) is 32.0 Å². The van der Waals surface area contributed by atoms with Crippen molar-refractivity contribution in [1.82, 2.24) is 5.43 Å². The molecule has 0 aliphatic carbocycles. The Morgan fingerprint density at radius 2 is 1.85 bits per heavy atom. The first kappa shape index (κ1) is 14.6. The molecule has 20 heavy (non-hydrogen) atoms. The van der Waals surface area contributed by atoms with Crippen molar-refractivity contribution in [2.24, 2.45) is 5.84 Å². The highest BCUT2D eigenvalue weighted by Gasteiger charge is 2.17. The maximum Gasteiger partial charge on any atom is 0.128 e. The number of halogens is 2. The van der Waals surface area contributed by atoms with Crippen LogP contribution in [0.5, 0.6) is 0 Å². The second-order valence-corrected chi connectivity index (χ2v) is 5.02. The fourth-order valence-corrected chi connectivity index (χ4v) is 2.28. The van der Waals surface area contributed by atoms with Crippen molar-refractivity contribution >= 4 is 0 Å². The summed E-state index contributed by atoms with van der Waals surface area (Å²) in [7, 11) is 0. The summed E-state index contributed by atoms with van der Waals surface area (Å²) in [6.45, 7) is 3.99. The van der Waals surface area contributed by atoms with Gasteiger partial charge in [-0.05, 0) is 49.6 Å². The molecule has 2 nitrogen and oxygen atoms in total. The van der Waals surface area contributed by atoms with Crippen LogP contribution in [0.2, 0.25) is 0 Å². The second-order valence-electron chi connectivity index (χ2n) is 5.02. The molecule has 0 aromatic heterocycles. The maximum atomic E-state index is 13.8. The Balaban J connectivity index is 2.33. The Hall–Kier alpha value is -1.78. The molecule has 0 radical (unpaired) electrons. The Labute approximate surface area is 117 Å². The number of rotatable bonds is 4. The molecule has 4 heteroatoms. The quantitative estimate of drug-likeness (QED) is 0.664. The van der Waals surface area contributed by atoms with Crippen molar-refractivity contribution in [3.8, 4) is 0 Å². The van der Waals surface area contributed by atoms with Crippen LogP contribution in [-0.2, 0) is 6.42 Å². The number of nitrogens with one attached hydrogen (secondary N) is 1. The van der Waals surface area contributed by atoms with Gasteiger partial charge in [-0.2, -0.15) is 0 Å². The van der Waals surface area contributed by atoms with E-state index in [4.69, 9.17) is 5.84 Å². The van der Waals surface area contributed by atoms with E-state index < -0.39 is 17.7 Å². The minimum Gasteiger partial charge on any atom is -0.271 e. The van der Waals surface area contributed by atoms with Gasteiger partial charge in [-0.25, -0.2) is 8.78 Å². The lowest BCUT2D eigenvalue weighted by Gasteiger charge is -2.19. The van der Waals surface area contributed by atoms with E-state index in [-0.39, 0.29) is 5.56 Å². The van der Waals surface area contributed by atoms with Crippen molar-refractivity contribution in [3.63, 3.8) is 0 Å². The summed E-state index contributed by atoms with van der Waals surface area (Å²) >= 11 is 0. The highest BCUT2D eigenvalue weighted by atomic mass is 19.1. The highest BCUT2D eigenvalue weighted by Crippen LogP contribution is 2.23. The molecular weight excluding hydrogens is 258 g/mol. The minimum atomic E-state index is -0.470. The average molecular weight is 276 g/mol. The first-order valence-corrected chi connectivity index (χ1v) is 6.48. The maximum absolute atomic E-state index is 13.8. The molecule has 3 N–H and O–H groups in total. The van der Waals surface area contributed by atoms with Crippen LogP contribution in [0.4, 0.5) is 8.78 Å². The predicted octanol–water partition coefficient (Wildman–Crippen LogP) is 3.33. The van der Waals surface area contributed by atoms with E-state index in [0.29, 0.717) is 6.42 Å². The summed E-state index contributed by atoms with van der Waals surface area (Å²) in [5.74, 6) is 4.59. The highest BCUT2D eigenvalue weighted by molar-refractivity contribution is 5.33. The fraction of sp³-hybridized carbons (Fsp3) is 0.250. The zero-order chi connectivity index (χ0) is 14.7.